The van der Waals surface area contributed by atoms with Gasteiger partial charge in [-0.3, -0.25) is 29.4 Å². The molecule has 0 bridgehead atoms. The molecular weight excluding hydrogens is 670 g/mol. The molecule has 4 aromatic carbocycles. The average Bonchev–Trinajstić information content (AvgIpc) is 3.62. The number of likely N-dealkylation sites (N-methyl/N-ethyl adjacent to an activating group) is 1. The highest BCUT2D eigenvalue weighted by Gasteiger charge is 2.31. The summed E-state index contributed by atoms with van der Waals surface area (Å²) < 4.78 is 5.80. The summed E-state index contributed by atoms with van der Waals surface area (Å²) in [6.45, 7) is 2.97. The van der Waals surface area contributed by atoms with Crippen LogP contribution in [-0.2, 0) is 9.59 Å². The number of anilines is 2. The van der Waals surface area contributed by atoms with E-state index in [4.69, 9.17) is 16.0 Å². The van der Waals surface area contributed by atoms with Crippen molar-refractivity contribution < 1.29 is 23.7 Å². The van der Waals surface area contributed by atoms with Crippen molar-refractivity contribution in [3.63, 3.8) is 0 Å². The van der Waals surface area contributed by atoms with E-state index in [1.807, 2.05) is 25.2 Å². The van der Waals surface area contributed by atoms with E-state index in [1.54, 1.807) is 78.9 Å². The first-order chi connectivity index (χ1) is 24.6. The number of rotatable bonds is 11. The van der Waals surface area contributed by atoms with Crippen LogP contribution in [0.3, 0.4) is 0 Å². The lowest BCUT2D eigenvalue weighted by Crippen LogP contribution is -2.48. The molecule has 1 aliphatic heterocycles. The lowest BCUT2D eigenvalue weighted by atomic mass is 9.99. The second kappa shape index (κ2) is 15.8. The molecule has 5 aromatic rings. The first kappa shape index (κ1) is 35.0. The van der Waals surface area contributed by atoms with Crippen LogP contribution in [-0.4, -0.2) is 65.5 Å². The molecule has 6 rings (SSSR count). The number of carbonyl (C=O) groups excluding carboxylic acids is 3. The van der Waals surface area contributed by atoms with E-state index in [0.29, 0.717) is 52.1 Å². The zero-order chi connectivity index (χ0) is 35.9. The van der Waals surface area contributed by atoms with Crippen molar-refractivity contribution in [2.45, 2.75) is 6.04 Å². The van der Waals surface area contributed by atoms with Gasteiger partial charge in [0.25, 0.3) is 5.69 Å². The van der Waals surface area contributed by atoms with Crippen LogP contribution in [0.4, 0.5) is 17.1 Å². The van der Waals surface area contributed by atoms with Crippen molar-refractivity contribution >= 4 is 52.3 Å². The average molecular weight is 704 g/mol. The number of hydrogen-bond donors (Lipinski definition) is 2. The summed E-state index contributed by atoms with van der Waals surface area (Å²) in [5.41, 5.74) is 2.69. The maximum Gasteiger partial charge on any atom is 0.269 e. The molecule has 1 unspecified atom stereocenters. The van der Waals surface area contributed by atoms with Gasteiger partial charge in [0.05, 0.1) is 10.6 Å². The SMILES string of the molecule is CN1CCN(C(C(=O)Nc2ccc(NC(=O)/C=C/c3ccc(-c4ccc([N+](=O)[O-])cc4)o3)cc2C(=O)c2ccccc2)c2ccc(Cl)cc2)CC1. The molecule has 11 nitrogen and oxygen atoms in total. The van der Waals surface area contributed by atoms with Crippen LogP contribution in [0.1, 0.15) is 33.3 Å². The molecule has 2 N–H and O–H groups in total. The van der Waals surface area contributed by atoms with Crippen molar-refractivity contribution in [3.8, 4) is 11.3 Å². The van der Waals surface area contributed by atoms with Gasteiger partial charge in [0.1, 0.15) is 17.6 Å². The van der Waals surface area contributed by atoms with E-state index in [9.17, 15) is 24.5 Å². The Balaban J connectivity index is 1.22. The summed E-state index contributed by atoms with van der Waals surface area (Å²) in [7, 11) is 2.05. The number of furan rings is 1. The lowest BCUT2D eigenvalue weighted by molar-refractivity contribution is -0.384. The minimum atomic E-state index is -0.623. The minimum absolute atomic E-state index is 0.0288. The number of nitrogens with zero attached hydrogens (tertiary/aromatic N) is 3. The molecule has 1 saturated heterocycles. The number of nitro groups is 1. The van der Waals surface area contributed by atoms with Gasteiger partial charge in [-0.25, -0.2) is 0 Å². The molecule has 12 heteroatoms. The summed E-state index contributed by atoms with van der Waals surface area (Å²) in [5.74, 6) is -0.217. The van der Waals surface area contributed by atoms with Crippen LogP contribution in [0.15, 0.2) is 120 Å². The number of nitro benzene ring substituents is 1. The normalized spacial score (nSPS) is 14.2. The molecule has 1 aromatic heterocycles. The Morgan fingerprint density at radius 3 is 2.25 bits per heavy atom. The molecule has 0 radical (unpaired) electrons. The maximum absolute atomic E-state index is 14.1. The van der Waals surface area contributed by atoms with Gasteiger partial charge >= 0.3 is 0 Å². The third-order valence-electron chi connectivity index (χ3n) is 8.55. The highest BCUT2D eigenvalue weighted by atomic mass is 35.5. The zero-order valence-corrected chi connectivity index (χ0v) is 28.4. The fraction of sp³-hybridized carbons (Fsp3) is 0.154. The van der Waals surface area contributed by atoms with Crippen molar-refractivity contribution in [1.82, 2.24) is 9.80 Å². The second-order valence-electron chi connectivity index (χ2n) is 12.1. The third-order valence-corrected chi connectivity index (χ3v) is 8.80. The molecule has 0 saturated carbocycles. The predicted octanol–water partition coefficient (Wildman–Crippen LogP) is 7.32. The third kappa shape index (κ3) is 8.65. The smallest absolute Gasteiger partial charge is 0.269 e. The van der Waals surface area contributed by atoms with Crippen LogP contribution < -0.4 is 10.6 Å². The molecule has 2 amide bonds. The van der Waals surface area contributed by atoms with E-state index in [0.717, 1.165) is 18.7 Å². The molecule has 0 spiro atoms. The number of nitrogens with one attached hydrogen (secondary N) is 2. The molecule has 2 heterocycles. The van der Waals surface area contributed by atoms with E-state index >= 15 is 0 Å². The van der Waals surface area contributed by atoms with Crippen molar-refractivity contribution in [2.75, 3.05) is 43.9 Å². The number of amides is 2. The monoisotopic (exact) mass is 703 g/mol. The topological polar surface area (TPSA) is 138 Å². The van der Waals surface area contributed by atoms with Crippen LogP contribution in [0.2, 0.25) is 5.02 Å². The molecule has 258 valence electrons. The Labute approximate surface area is 299 Å². The number of non-ortho nitro benzene ring substituents is 1. The summed E-state index contributed by atoms with van der Waals surface area (Å²) in [6.07, 6.45) is 2.78. The molecule has 0 aliphatic carbocycles. The van der Waals surface area contributed by atoms with E-state index in [2.05, 4.69) is 20.4 Å². The Bertz CT molecular complexity index is 2070. The number of hydrogen-bond acceptors (Lipinski definition) is 8. The summed E-state index contributed by atoms with van der Waals surface area (Å²) in [4.78, 5) is 55.7. The van der Waals surface area contributed by atoms with Crippen LogP contribution in [0.25, 0.3) is 17.4 Å². The number of piperazine rings is 1. The maximum atomic E-state index is 14.1. The zero-order valence-electron chi connectivity index (χ0n) is 27.6. The highest BCUT2D eigenvalue weighted by Crippen LogP contribution is 2.29. The number of benzene rings is 4. The van der Waals surface area contributed by atoms with Crippen LogP contribution >= 0.6 is 11.6 Å². The van der Waals surface area contributed by atoms with Gasteiger partial charge in [-0.2, -0.15) is 0 Å². The first-order valence-electron chi connectivity index (χ1n) is 16.2. The first-order valence-corrected chi connectivity index (χ1v) is 16.6. The van der Waals surface area contributed by atoms with Gasteiger partial charge in [0.2, 0.25) is 11.8 Å². The van der Waals surface area contributed by atoms with Crippen molar-refractivity contribution in [3.05, 3.63) is 153 Å². The van der Waals surface area contributed by atoms with Crippen molar-refractivity contribution in [2.24, 2.45) is 0 Å². The Morgan fingerprint density at radius 1 is 0.863 bits per heavy atom. The van der Waals surface area contributed by atoms with Gasteiger partial charge in [-0.1, -0.05) is 54.1 Å². The van der Waals surface area contributed by atoms with Crippen LogP contribution in [0, 0.1) is 10.1 Å². The Hall–Kier alpha value is -5.88. The van der Waals surface area contributed by atoms with Crippen molar-refractivity contribution in [1.29, 1.82) is 0 Å². The molecule has 1 atom stereocenters. The van der Waals surface area contributed by atoms with Gasteiger partial charge < -0.3 is 20.0 Å². The van der Waals surface area contributed by atoms with Gasteiger partial charge in [-0.15, -0.1) is 0 Å². The highest BCUT2D eigenvalue weighted by molar-refractivity contribution is 6.30. The van der Waals surface area contributed by atoms with E-state index < -0.39 is 16.9 Å². The lowest BCUT2D eigenvalue weighted by Gasteiger charge is -2.37. The van der Waals surface area contributed by atoms with E-state index in [1.165, 1.54) is 24.3 Å². The second-order valence-corrected chi connectivity index (χ2v) is 12.5. The Morgan fingerprint density at radius 2 is 1.57 bits per heavy atom. The fourth-order valence-electron chi connectivity index (χ4n) is 5.80. The summed E-state index contributed by atoms with van der Waals surface area (Å²) in [5, 5.41) is 17.3. The number of carbonyl (C=O) groups is 3. The predicted molar refractivity (Wildman–Crippen MR) is 197 cm³/mol. The summed E-state index contributed by atoms with van der Waals surface area (Å²) >= 11 is 6.17. The summed E-state index contributed by atoms with van der Waals surface area (Å²) in [6, 6.07) is 29.4. The molecule has 51 heavy (non-hydrogen) atoms. The standard InChI is InChI=1S/C39H34ClN5O6/c1-43-21-23-44(24-22-43)37(27-7-11-29(40)12-8-27)39(48)42-34-18-13-30(25-33(34)38(47)28-5-3-2-4-6-28)41-36(46)20-17-32-16-19-35(51-32)26-9-14-31(15-10-26)45(49)50/h2-20,25,37H,21-24H2,1H3,(H,41,46)(H,42,48)/b20-17+. The minimum Gasteiger partial charge on any atom is -0.457 e. The number of halogens is 1. The molecule has 1 fully saturated rings. The quantitative estimate of drug-likeness (QED) is 0.0632. The molecule has 1 aliphatic rings. The van der Waals surface area contributed by atoms with Gasteiger partial charge in [-0.05, 0) is 73.3 Å². The van der Waals surface area contributed by atoms with Gasteiger partial charge in [0, 0.05) is 71.8 Å². The fourth-order valence-corrected chi connectivity index (χ4v) is 5.93. The Kier molecular flexibility index (Phi) is 10.8. The van der Waals surface area contributed by atoms with E-state index in [-0.39, 0.29) is 22.9 Å². The number of ketones is 1. The largest absolute Gasteiger partial charge is 0.457 e. The van der Waals surface area contributed by atoms with Gasteiger partial charge in [0.15, 0.2) is 5.78 Å². The molecular formula is C39H34ClN5O6. The van der Waals surface area contributed by atoms with Crippen LogP contribution in [0.5, 0.6) is 0 Å².